The van der Waals surface area contributed by atoms with Gasteiger partial charge in [0, 0.05) is 11.6 Å². The second kappa shape index (κ2) is 7.50. The molecule has 0 unspecified atom stereocenters. The zero-order valence-electron chi connectivity index (χ0n) is 14.1. The highest BCUT2D eigenvalue weighted by Crippen LogP contribution is 2.31. The molecule has 4 rings (SSSR count). The third kappa shape index (κ3) is 3.72. The standard InChI is InChI=1S/C19H15Cl2N3O3/c20-14-3-1-2-13(18(14)21)11-24-17(6-7-22-24)23-19(25)12-4-5-15-16(10-12)27-9-8-26-15/h1-7,10H,8-9,11H2,(H,23,25). The lowest BCUT2D eigenvalue weighted by Crippen LogP contribution is -2.18. The van der Waals surface area contributed by atoms with Gasteiger partial charge >= 0.3 is 0 Å². The topological polar surface area (TPSA) is 65.4 Å². The van der Waals surface area contributed by atoms with Gasteiger partial charge in [-0.25, -0.2) is 4.68 Å². The summed E-state index contributed by atoms with van der Waals surface area (Å²) in [6.07, 6.45) is 1.61. The first-order valence-electron chi connectivity index (χ1n) is 8.27. The first-order chi connectivity index (χ1) is 13.1. The van der Waals surface area contributed by atoms with E-state index in [0.29, 0.717) is 52.7 Å². The molecular formula is C19H15Cl2N3O3. The van der Waals surface area contributed by atoms with E-state index in [1.807, 2.05) is 12.1 Å². The Bertz CT molecular complexity index is 1000. The molecule has 1 aromatic heterocycles. The van der Waals surface area contributed by atoms with E-state index in [9.17, 15) is 4.79 Å². The van der Waals surface area contributed by atoms with Crippen LogP contribution in [0.2, 0.25) is 10.0 Å². The van der Waals surface area contributed by atoms with Gasteiger partial charge in [-0.2, -0.15) is 5.10 Å². The SMILES string of the molecule is O=C(Nc1ccnn1Cc1cccc(Cl)c1Cl)c1ccc2c(c1)OCCO2. The Labute approximate surface area is 165 Å². The van der Waals surface area contributed by atoms with E-state index < -0.39 is 0 Å². The Kier molecular flexibility index (Phi) is 4.92. The third-order valence-electron chi connectivity index (χ3n) is 4.11. The lowest BCUT2D eigenvalue weighted by atomic mass is 10.2. The zero-order valence-corrected chi connectivity index (χ0v) is 15.6. The fraction of sp³-hybridized carbons (Fsp3) is 0.158. The molecule has 1 aliphatic heterocycles. The molecule has 2 aromatic carbocycles. The fourth-order valence-corrected chi connectivity index (χ4v) is 3.15. The Hall–Kier alpha value is -2.70. The summed E-state index contributed by atoms with van der Waals surface area (Å²) in [5.74, 6) is 1.48. The second-order valence-electron chi connectivity index (χ2n) is 5.90. The van der Waals surface area contributed by atoms with Crippen LogP contribution in [0.3, 0.4) is 0 Å². The fourth-order valence-electron chi connectivity index (χ4n) is 2.77. The molecule has 1 N–H and O–H groups in total. The number of aromatic nitrogens is 2. The molecule has 0 aliphatic carbocycles. The number of ether oxygens (including phenoxy) is 2. The van der Waals surface area contributed by atoms with Crippen LogP contribution < -0.4 is 14.8 Å². The Morgan fingerprint density at radius 2 is 1.93 bits per heavy atom. The zero-order chi connectivity index (χ0) is 18.8. The molecule has 2 heterocycles. The predicted molar refractivity (Wildman–Crippen MR) is 103 cm³/mol. The van der Waals surface area contributed by atoms with E-state index >= 15 is 0 Å². The van der Waals surface area contributed by atoms with Crippen molar-refractivity contribution in [2.24, 2.45) is 0 Å². The summed E-state index contributed by atoms with van der Waals surface area (Å²) in [5, 5.41) is 8.06. The molecule has 0 saturated heterocycles. The van der Waals surface area contributed by atoms with Crippen LogP contribution in [0.5, 0.6) is 11.5 Å². The number of nitrogens with one attached hydrogen (secondary N) is 1. The highest BCUT2D eigenvalue weighted by Gasteiger charge is 2.16. The number of amides is 1. The molecule has 8 heteroatoms. The number of hydrogen-bond acceptors (Lipinski definition) is 4. The average molecular weight is 404 g/mol. The lowest BCUT2D eigenvalue weighted by Gasteiger charge is -2.18. The number of nitrogens with zero attached hydrogens (tertiary/aromatic N) is 2. The maximum atomic E-state index is 12.6. The van der Waals surface area contributed by atoms with Crippen LogP contribution in [0.1, 0.15) is 15.9 Å². The quantitative estimate of drug-likeness (QED) is 0.706. The van der Waals surface area contributed by atoms with Crippen molar-refractivity contribution >= 4 is 34.9 Å². The summed E-state index contributed by atoms with van der Waals surface area (Å²) in [6, 6.07) is 12.2. The molecule has 138 valence electrons. The van der Waals surface area contributed by atoms with Crippen LogP contribution in [0.15, 0.2) is 48.7 Å². The minimum absolute atomic E-state index is 0.272. The normalized spacial score (nSPS) is 12.7. The highest BCUT2D eigenvalue weighted by molar-refractivity contribution is 6.42. The summed E-state index contributed by atoms with van der Waals surface area (Å²) in [4.78, 5) is 12.6. The van der Waals surface area contributed by atoms with Crippen LogP contribution >= 0.6 is 23.2 Å². The molecule has 0 radical (unpaired) electrons. The van der Waals surface area contributed by atoms with Crippen molar-refractivity contribution < 1.29 is 14.3 Å². The first-order valence-corrected chi connectivity index (χ1v) is 9.03. The number of halogens is 2. The van der Waals surface area contributed by atoms with Crippen molar-refractivity contribution in [2.75, 3.05) is 18.5 Å². The van der Waals surface area contributed by atoms with Gasteiger partial charge in [-0.1, -0.05) is 35.3 Å². The molecule has 0 spiro atoms. The Balaban J connectivity index is 1.53. The number of anilines is 1. The van der Waals surface area contributed by atoms with Crippen LogP contribution in [0.4, 0.5) is 5.82 Å². The maximum absolute atomic E-state index is 12.6. The molecule has 1 amide bonds. The van der Waals surface area contributed by atoms with E-state index in [2.05, 4.69) is 10.4 Å². The number of hydrogen-bond donors (Lipinski definition) is 1. The monoisotopic (exact) mass is 403 g/mol. The summed E-state index contributed by atoms with van der Waals surface area (Å²) < 4.78 is 12.6. The minimum atomic E-state index is -0.272. The van der Waals surface area contributed by atoms with Crippen LogP contribution in [0.25, 0.3) is 0 Å². The largest absolute Gasteiger partial charge is 0.486 e. The number of fused-ring (bicyclic) bond motifs is 1. The van der Waals surface area contributed by atoms with Gasteiger partial charge < -0.3 is 14.8 Å². The van der Waals surface area contributed by atoms with Crippen LogP contribution in [-0.4, -0.2) is 28.9 Å². The molecule has 27 heavy (non-hydrogen) atoms. The smallest absolute Gasteiger partial charge is 0.256 e. The van der Waals surface area contributed by atoms with Crippen molar-refractivity contribution in [3.8, 4) is 11.5 Å². The van der Waals surface area contributed by atoms with Gasteiger partial charge in [0.15, 0.2) is 11.5 Å². The van der Waals surface area contributed by atoms with Crippen molar-refractivity contribution in [2.45, 2.75) is 6.54 Å². The molecule has 0 bridgehead atoms. The number of rotatable bonds is 4. The van der Waals surface area contributed by atoms with Crippen molar-refractivity contribution in [3.63, 3.8) is 0 Å². The maximum Gasteiger partial charge on any atom is 0.256 e. The Morgan fingerprint density at radius 3 is 2.78 bits per heavy atom. The van der Waals surface area contributed by atoms with E-state index in [4.69, 9.17) is 32.7 Å². The van der Waals surface area contributed by atoms with Crippen molar-refractivity contribution in [3.05, 3.63) is 69.8 Å². The average Bonchev–Trinajstić information content (AvgIpc) is 3.11. The van der Waals surface area contributed by atoms with E-state index in [0.717, 1.165) is 5.56 Å². The van der Waals surface area contributed by atoms with Gasteiger partial charge in [-0.05, 0) is 29.8 Å². The molecule has 3 aromatic rings. The van der Waals surface area contributed by atoms with Gasteiger partial charge in [0.2, 0.25) is 0 Å². The van der Waals surface area contributed by atoms with E-state index in [-0.39, 0.29) is 5.91 Å². The van der Waals surface area contributed by atoms with Crippen LogP contribution in [0, 0.1) is 0 Å². The highest BCUT2D eigenvalue weighted by atomic mass is 35.5. The van der Waals surface area contributed by atoms with E-state index in [1.165, 1.54) is 0 Å². The molecule has 1 aliphatic rings. The van der Waals surface area contributed by atoms with Gasteiger partial charge in [0.25, 0.3) is 5.91 Å². The summed E-state index contributed by atoms with van der Waals surface area (Å²) in [7, 11) is 0. The van der Waals surface area contributed by atoms with E-state index in [1.54, 1.807) is 41.2 Å². The van der Waals surface area contributed by atoms with Gasteiger partial charge in [0.05, 0.1) is 22.8 Å². The lowest BCUT2D eigenvalue weighted by molar-refractivity contribution is 0.102. The first kappa shape index (κ1) is 17.7. The van der Waals surface area contributed by atoms with Gasteiger partial charge in [-0.15, -0.1) is 0 Å². The number of carbonyl (C=O) groups excluding carboxylic acids is 1. The summed E-state index contributed by atoms with van der Waals surface area (Å²) in [6.45, 7) is 1.35. The van der Waals surface area contributed by atoms with Crippen LogP contribution in [-0.2, 0) is 6.54 Å². The number of benzene rings is 2. The summed E-state index contributed by atoms with van der Waals surface area (Å²) >= 11 is 12.3. The predicted octanol–water partition coefficient (Wildman–Crippen LogP) is 4.26. The molecule has 0 atom stereocenters. The van der Waals surface area contributed by atoms with Gasteiger partial charge in [0.1, 0.15) is 19.0 Å². The minimum Gasteiger partial charge on any atom is -0.486 e. The second-order valence-corrected chi connectivity index (χ2v) is 6.68. The molecular weight excluding hydrogens is 389 g/mol. The molecule has 0 saturated carbocycles. The summed E-state index contributed by atoms with van der Waals surface area (Å²) in [5.41, 5.74) is 1.27. The van der Waals surface area contributed by atoms with Gasteiger partial charge in [-0.3, -0.25) is 4.79 Å². The van der Waals surface area contributed by atoms with Crippen molar-refractivity contribution in [1.29, 1.82) is 0 Å². The third-order valence-corrected chi connectivity index (χ3v) is 4.97. The number of carbonyl (C=O) groups is 1. The Morgan fingerprint density at radius 1 is 1.11 bits per heavy atom. The van der Waals surface area contributed by atoms with Crippen molar-refractivity contribution in [1.82, 2.24) is 9.78 Å². The molecule has 6 nitrogen and oxygen atoms in total. The molecule has 0 fully saturated rings.